The van der Waals surface area contributed by atoms with Gasteiger partial charge in [0.25, 0.3) is 0 Å². The van der Waals surface area contributed by atoms with Crippen molar-refractivity contribution in [1.82, 2.24) is 9.55 Å². The van der Waals surface area contributed by atoms with Crippen molar-refractivity contribution in [3.05, 3.63) is 216 Å². The summed E-state index contributed by atoms with van der Waals surface area (Å²) in [5.41, 5.74) is 18.0. The molecule has 2 unspecified atom stereocenters. The Morgan fingerprint density at radius 1 is 0.593 bits per heavy atom. The number of para-hydroxylation sites is 3. The molecule has 8 aromatic rings. The predicted molar refractivity (Wildman–Crippen MR) is 224 cm³/mol. The van der Waals surface area contributed by atoms with Crippen molar-refractivity contribution in [3.63, 3.8) is 0 Å². The van der Waals surface area contributed by atoms with Crippen LogP contribution in [0.2, 0.25) is 0 Å². The number of hydrogen-bond acceptors (Lipinski definition) is 2. The Bertz CT molecular complexity index is 2730. The highest BCUT2D eigenvalue weighted by Gasteiger charge is 2.36. The first kappa shape index (κ1) is 30.9. The molecule has 256 valence electrons. The minimum Gasteiger partial charge on any atom is -0.313 e. The van der Waals surface area contributed by atoms with Crippen LogP contribution in [-0.2, 0) is 0 Å². The van der Waals surface area contributed by atoms with Crippen molar-refractivity contribution < 1.29 is 0 Å². The number of rotatable bonds is 6. The second-order valence-corrected chi connectivity index (χ2v) is 14.7. The lowest BCUT2D eigenvalue weighted by Crippen LogP contribution is -2.24. The number of hydrogen-bond donors (Lipinski definition) is 0. The van der Waals surface area contributed by atoms with Crippen LogP contribution in [0.4, 0.5) is 11.4 Å². The Kier molecular flexibility index (Phi) is 7.12. The summed E-state index contributed by atoms with van der Waals surface area (Å²) in [6.45, 7) is 0. The lowest BCUT2D eigenvalue weighted by atomic mass is 9.72. The van der Waals surface area contributed by atoms with Gasteiger partial charge in [-0.05, 0) is 124 Å². The van der Waals surface area contributed by atoms with Gasteiger partial charge in [0.15, 0.2) is 0 Å². The van der Waals surface area contributed by atoms with E-state index in [2.05, 4.69) is 184 Å². The second-order valence-electron chi connectivity index (χ2n) is 14.7. The number of nitrogens with zero attached hydrogens (tertiary/aromatic N) is 3. The van der Waals surface area contributed by atoms with Gasteiger partial charge in [0.1, 0.15) is 0 Å². The number of pyridine rings is 1. The molecule has 3 aliphatic carbocycles. The van der Waals surface area contributed by atoms with E-state index in [9.17, 15) is 0 Å². The summed E-state index contributed by atoms with van der Waals surface area (Å²) in [6, 6.07) is 57.5. The third kappa shape index (κ3) is 4.85. The van der Waals surface area contributed by atoms with Crippen LogP contribution >= 0.6 is 0 Å². The van der Waals surface area contributed by atoms with Crippen LogP contribution in [0.1, 0.15) is 41.0 Å². The van der Waals surface area contributed by atoms with Crippen LogP contribution in [-0.4, -0.2) is 9.55 Å². The molecule has 0 N–H and O–H groups in total. The SMILES string of the molecule is C1=C(c2ccc(-n3c4ccccc4c4ccccc43)cc2)C=C(N(c2ccccc2)c2cccnc2)CC1C1CC=C2c3ccccc3-c3cccc1c32. The molecule has 0 amide bonds. The smallest absolute Gasteiger partial charge is 0.0641 e. The summed E-state index contributed by atoms with van der Waals surface area (Å²) in [4.78, 5) is 6.98. The van der Waals surface area contributed by atoms with Crippen molar-refractivity contribution in [2.75, 3.05) is 4.90 Å². The highest BCUT2D eigenvalue weighted by molar-refractivity contribution is 6.09. The first-order valence-corrected chi connectivity index (χ1v) is 19.0. The van der Waals surface area contributed by atoms with E-state index in [1.54, 1.807) is 0 Å². The fourth-order valence-corrected chi connectivity index (χ4v) is 9.44. The van der Waals surface area contributed by atoms with E-state index in [-0.39, 0.29) is 5.92 Å². The van der Waals surface area contributed by atoms with E-state index < -0.39 is 0 Å². The van der Waals surface area contributed by atoms with E-state index in [4.69, 9.17) is 0 Å². The maximum Gasteiger partial charge on any atom is 0.0641 e. The molecule has 0 bridgehead atoms. The van der Waals surface area contributed by atoms with Gasteiger partial charge in [0.05, 0.1) is 22.9 Å². The molecular formula is C51H37N3. The normalized spacial score (nSPS) is 17.1. The van der Waals surface area contributed by atoms with Crippen LogP contribution in [0, 0.1) is 5.92 Å². The minimum atomic E-state index is 0.285. The van der Waals surface area contributed by atoms with Gasteiger partial charge in [-0.2, -0.15) is 0 Å². The maximum absolute atomic E-state index is 4.57. The predicted octanol–water partition coefficient (Wildman–Crippen LogP) is 12.9. The maximum atomic E-state index is 4.57. The average molecular weight is 692 g/mol. The van der Waals surface area contributed by atoms with Gasteiger partial charge in [0, 0.05) is 34.0 Å². The average Bonchev–Trinajstić information content (AvgIpc) is 3.76. The quantitative estimate of drug-likeness (QED) is 0.173. The summed E-state index contributed by atoms with van der Waals surface area (Å²) >= 11 is 0. The van der Waals surface area contributed by atoms with E-state index in [0.29, 0.717) is 5.92 Å². The highest BCUT2D eigenvalue weighted by Crippen LogP contribution is 2.54. The lowest BCUT2D eigenvalue weighted by Gasteiger charge is -2.36. The van der Waals surface area contributed by atoms with Gasteiger partial charge < -0.3 is 9.47 Å². The monoisotopic (exact) mass is 691 g/mol. The van der Waals surface area contributed by atoms with Gasteiger partial charge in [-0.15, -0.1) is 0 Å². The number of fused-ring (bicyclic) bond motifs is 6. The Balaban J connectivity index is 1.05. The summed E-state index contributed by atoms with van der Waals surface area (Å²) in [7, 11) is 0. The Hall–Kier alpha value is -6.71. The number of aromatic nitrogens is 2. The first-order chi connectivity index (χ1) is 26.8. The molecule has 2 atom stereocenters. The third-order valence-electron chi connectivity index (χ3n) is 11.8. The molecule has 0 spiro atoms. The zero-order chi connectivity index (χ0) is 35.6. The summed E-state index contributed by atoms with van der Waals surface area (Å²) in [5, 5.41) is 2.55. The zero-order valence-electron chi connectivity index (χ0n) is 29.8. The van der Waals surface area contributed by atoms with Gasteiger partial charge >= 0.3 is 0 Å². The molecule has 2 heterocycles. The van der Waals surface area contributed by atoms with Crippen molar-refractivity contribution in [2.45, 2.75) is 18.8 Å². The fraction of sp³-hybridized carbons (Fsp3) is 0.0784. The summed E-state index contributed by atoms with van der Waals surface area (Å²) in [6.07, 6.45) is 13.3. The molecule has 0 saturated carbocycles. The molecular weight excluding hydrogens is 655 g/mol. The standard InChI is InChI=1S/C51H37N3/c1-2-12-37(13-3-1)53(39-14-11-29-52-33-39)40-31-35(34-23-25-38(26-24-34)54-49-21-8-6-17-44(49)45-18-7-9-22-50(45)54)30-36(32-40)41-27-28-48-43-16-5-4-15-42(43)47-20-10-19-46(41)51(47)48/h1-26,28-31,33,36,41H,27,32H2. The van der Waals surface area contributed by atoms with Crippen molar-refractivity contribution in [2.24, 2.45) is 5.92 Å². The summed E-state index contributed by atoms with van der Waals surface area (Å²) < 4.78 is 2.40. The first-order valence-electron chi connectivity index (χ1n) is 19.0. The van der Waals surface area contributed by atoms with Gasteiger partial charge in [-0.3, -0.25) is 4.98 Å². The zero-order valence-corrected chi connectivity index (χ0v) is 29.8. The Morgan fingerprint density at radius 2 is 1.28 bits per heavy atom. The Labute approximate surface area is 315 Å². The summed E-state index contributed by atoms with van der Waals surface area (Å²) in [5.74, 6) is 0.632. The van der Waals surface area contributed by atoms with E-state index >= 15 is 0 Å². The molecule has 0 aliphatic heterocycles. The molecule has 0 saturated heterocycles. The molecule has 0 radical (unpaired) electrons. The lowest BCUT2D eigenvalue weighted by molar-refractivity contribution is 0.497. The minimum absolute atomic E-state index is 0.285. The van der Waals surface area contributed by atoms with Gasteiger partial charge in [0.2, 0.25) is 0 Å². The third-order valence-corrected chi connectivity index (χ3v) is 11.8. The van der Waals surface area contributed by atoms with Gasteiger partial charge in [-0.1, -0.05) is 121 Å². The molecule has 11 rings (SSSR count). The topological polar surface area (TPSA) is 21.1 Å². The van der Waals surface area contributed by atoms with Gasteiger partial charge in [-0.25, -0.2) is 0 Å². The van der Waals surface area contributed by atoms with E-state index in [0.717, 1.165) is 24.2 Å². The van der Waals surface area contributed by atoms with Crippen molar-refractivity contribution >= 4 is 44.3 Å². The number of allylic oxidation sites excluding steroid dienone is 5. The van der Waals surface area contributed by atoms with Crippen LogP contribution in [0.3, 0.4) is 0 Å². The molecule has 54 heavy (non-hydrogen) atoms. The molecule has 6 aromatic carbocycles. The van der Waals surface area contributed by atoms with Crippen LogP contribution in [0.25, 0.3) is 49.8 Å². The molecule has 2 aromatic heterocycles. The number of anilines is 2. The largest absolute Gasteiger partial charge is 0.313 e. The second kappa shape index (κ2) is 12.5. The number of benzene rings is 6. The molecule has 3 aliphatic rings. The van der Waals surface area contributed by atoms with Crippen LogP contribution in [0.5, 0.6) is 0 Å². The molecule has 0 fully saturated rings. The van der Waals surface area contributed by atoms with E-state index in [1.165, 1.54) is 77.7 Å². The van der Waals surface area contributed by atoms with Crippen LogP contribution in [0.15, 0.2) is 194 Å². The van der Waals surface area contributed by atoms with Crippen molar-refractivity contribution in [1.29, 1.82) is 0 Å². The fourth-order valence-electron chi connectivity index (χ4n) is 9.44. The highest BCUT2D eigenvalue weighted by atomic mass is 15.2. The molecule has 3 heteroatoms. The van der Waals surface area contributed by atoms with Crippen LogP contribution < -0.4 is 4.90 Å². The van der Waals surface area contributed by atoms with E-state index in [1.807, 2.05) is 18.5 Å². The Morgan fingerprint density at radius 3 is 2.04 bits per heavy atom. The molecule has 3 nitrogen and oxygen atoms in total. The van der Waals surface area contributed by atoms with Crippen molar-refractivity contribution in [3.8, 4) is 16.8 Å².